The van der Waals surface area contributed by atoms with E-state index in [-0.39, 0.29) is 12.2 Å². The average Bonchev–Trinajstić information content (AvgIpc) is 2.83. The maximum atomic E-state index is 11.5. The van der Waals surface area contributed by atoms with Crippen LogP contribution in [0.1, 0.15) is 12.2 Å². The highest BCUT2D eigenvalue weighted by atomic mass is 32.2. The molecule has 1 unspecified atom stereocenters. The fraction of sp³-hybridized carbons (Fsp3) is 0.333. The molecule has 0 radical (unpaired) electrons. The first-order valence-corrected chi connectivity index (χ1v) is 7.76. The molecule has 1 amide bonds. The number of carbonyl (C=O) groups is 2. The molecule has 0 saturated heterocycles. The molecule has 20 heavy (non-hydrogen) atoms. The molecule has 0 aliphatic heterocycles. The van der Waals surface area contributed by atoms with Gasteiger partial charge < -0.3 is 14.8 Å². The predicted molar refractivity (Wildman–Crippen MR) is 71.6 cm³/mol. The van der Waals surface area contributed by atoms with E-state index in [1.165, 1.54) is 12.3 Å². The van der Waals surface area contributed by atoms with E-state index in [0.717, 1.165) is 12.3 Å². The molecule has 1 rings (SSSR count). The summed E-state index contributed by atoms with van der Waals surface area (Å²) in [5.41, 5.74) is 0. The largest absolute Gasteiger partial charge is 0.480 e. The van der Waals surface area contributed by atoms with Crippen molar-refractivity contribution in [3.05, 3.63) is 30.2 Å². The van der Waals surface area contributed by atoms with E-state index in [4.69, 9.17) is 9.52 Å². The summed E-state index contributed by atoms with van der Waals surface area (Å²) in [5.74, 6) is -1.79. The van der Waals surface area contributed by atoms with Crippen molar-refractivity contribution in [3.63, 3.8) is 0 Å². The molecule has 1 heterocycles. The van der Waals surface area contributed by atoms with Crippen LogP contribution in [-0.2, 0) is 19.4 Å². The number of hydrogen-bond acceptors (Lipinski definition) is 5. The van der Waals surface area contributed by atoms with Crippen LogP contribution in [0.2, 0.25) is 0 Å². The minimum atomic E-state index is -3.28. The standard InChI is InChI=1S/C12H15NO6S/c1-20(17,18)8-6-10(12(15)16)13-11(14)5-4-9-3-2-7-19-9/h2-5,7,10H,6,8H2,1H3,(H,13,14)(H,15,16)/b5-4+. The average molecular weight is 301 g/mol. The van der Waals surface area contributed by atoms with Crippen LogP contribution >= 0.6 is 0 Å². The third-order valence-electron chi connectivity index (χ3n) is 2.33. The molecule has 0 aliphatic rings. The third-order valence-corrected chi connectivity index (χ3v) is 3.31. The highest BCUT2D eigenvalue weighted by Crippen LogP contribution is 2.02. The Hall–Kier alpha value is -2.09. The number of carbonyl (C=O) groups excluding carboxylic acids is 1. The van der Waals surface area contributed by atoms with E-state index in [1.54, 1.807) is 12.1 Å². The molecule has 1 atom stereocenters. The van der Waals surface area contributed by atoms with Crippen LogP contribution in [0.3, 0.4) is 0 Å². The van der Waals surface area contributed by atoms with E-state index >= 15 is 0 Å². The van der Waals surface area contributed by atoms with Gasteiger partial charge in [0.15, 0.2) is 0 Å². The Labute approximate surface area is 116 Å². The Balaban J connectivity index is 2.57. The van der Waals surface area contributed by atoms with Gasteiger partial charge in [-0.2, -0.15) is 0 Å². The zero-order chi connectivity index (χ0) is 15.2. The number of hydrogen-bond donors (Lipinski definition) is 2. The van der Waals surface area contributed by atoms with Crippen LogP contribution in [0.5, 0.6) is 0 Å². The molecule has 0 saturated carbocycles. The normalized spacial score (nSPS) is 13.2. The van der Waals surface area contributed by atoms with E-state index in [0.29, 0.717) is 5.76 Å². The van der Waals surface area contributed by atoms with Crippen LogP contribution in [0.4, 0.5) is 0 Å². The molecule has 0 bridgehead atoms. The quantitative estimate of drug-likeness (QED) is 0.700. The molecule has 2 N–H and O–H groups in total. The fourth-order valence-corrected chi connectivity index (χ4v) is 2.02. The third kappa shape index (κ3) is 6.19. The second-order valence-electron chi connectivity index (χ2n) is 4.17. The van der Waals surface area contributed by atoms with Gasteiger partial charge in [-0.05, 0) is 24.6 Å². The number of nitrogens with one attached hydrogen (secondary N) is 1. The van der Waals surface area contributed by atoms with Crippen LogP contribution < -0.4 is 5.32 Å². The topological polar surface area (TPSA) is 114 Å². The number of amides is 1. The number of carboxylic acid groups (broad SMARTS) is 1. The van der Waals surface area contributed by atoms with Crippen LogP contribution in [0, 0.1) is 0 Å². The Kier molecular flexibility index (Phi) is 5.51. The highest BCUT2D eigenvalue weighted by molar-refractivity contribution is 7.90. The van der Waals surface area contributed by atoms with Gasteiger partial charge in [0.25, 0.3) is 0 Å². The SMILES string of the molecule is CS(=O)(=O)CCC(NC(=O)/C=C/c1ccco1)C(=O)O. The van der Waals surface area contributed by atoms with E-state index in [2.05, 4.69) is 5.32 Å². The Morgan fingerprint density at radius 3 is 2.70 bits per heavy atom. The number of furan rings is 1. The summed E-state index contributed by atoms with van der Waals surface area (Å²) >= 11 is 0. The van der Waals surface area contributed by atoms with Crippen molar-refractivity contribution in [3.8, 4) is 0 Å². The number of rotatable bonds is 7. The van der Waals surface area contributed by atoms with Gasteiger partial charge in [0.1, 0.15) is 21.6 Å². The molecule has 0 aliphatic carbocycles. The van der Waals surface area contributed by atoms with Crippen molar-refractivity contribution < 1.29 is 27.5 Å². The molecular formula is C12H15NO6S. The maximum absolute atomic E-state index is 11.5. The zero-order valence-corrected chi connectivity index (χ0v) is 11.6. The molecule has 7 nitrogen and oxygen atoms in total. The lowest BCUT2D eigenvalue weighted by Crippen LogP contribution is -2.41. The lowest BCUT2D eigenvalue weighted by molar-refractivity contribution is -0.141. The van der Waals surface area contributed by atoms with Crippen molar-refractivity contribution in [2.45, 2.75) is 12.5 Å². The monoisotopic (exact) mass is 301 g/mol. The van der Waals surface area contributed by atoms with Gasteiger partial charge in [-0.25, -0.2) is 13.2 Å². The van der Waals surface area contributed by atoms with Crippen LogP contribution in [-0.4, -0.2) is 43.5 Å². The van der Waals surface area contributed by atoms with Crippen molar-refractivity contribution >= 4 is 27.8 Å². The fourth-order valence-electron chi connectivity index (χ4n) is 1.35. The van der Waals surface area contributed by atoms with Gasteiger partial charge in [-0.3, -0.25) is 4.79 Å². The lowest BCUT2D eigenvalue weighted by atomic mass is 10.2. The zero-order valence-electron chi connectivity index (χ0n) is 10.8. The van der Waals surface area contributed by atoms with Gasteiger partial charge in [0.05, 0.1) is 12.0 Å². The summed E-state index contributed by atoms with van der Waals surface area (Å²) in [6.45, 7) is 0. The molecule has 110 valence electrons. The molecule has 0 aromatic carbocycles. The van der Waals surface area contributed by atoms with Gasteiger partial charge in [-0.1, -0.05) is 0 Å². The number of carboxylic acids is 1. The Morgan fingerprint density at radius 1 is 1.50 bits per heavy atom. The highest BCUT2D eigenvalue weighted by Gasteiger charge is 2.20. The van der Waals surface area contributed by atoms with Crippen LogP contribution in [0.15, 0.2) is 28.9 Å². The summed E-state index contributed by atoms with van der Waals surface area (Å²) in [6, 6.07) is 2.02. The summed E-state index contributed by atoms with van der Waals surface area (Å²) in [5, 5.41) is 11.1. The van der Waals surface area contributed by atoms with Gasteiger partial charge >= 0.3 is 5.97 Å². The van der Waals surface area contributed by atoms with Crippen molar-refractivity contribution in [2.75, 3.05) is 12.0 Å². The summed E-state index contributed by atoms with van der Waals surface area (Å²) in [7, 11) is -3.28. The summed E-state index contributed by atoms with van der Waals surface area (Å²) in [4.78, 5) is 22.5. The minimum absolute atomic E-state index is 0.186. The van der Waals surface area contributed by atoms with E-state index in [1.807, 2.05) is 0 Å². The minimum Gasteiger partial charge on any atom is -0.480 e. The summed E-state index contributed by atoms with van der Waals surface area (Å²) < 4.78 is 27.0. The van der Waals surface area contributed by atoms with E-state index in [9.17, 15) is 18.0 Å². The molecule has 1 aromatic heterocycles. The maximum Gasteiger partial charge on any atom is 0.326 e. The molecular weight excluding hydrogens is 286 g/mol. The smallest absolute Gasteiger partial charge is 0.326 e. The molecule has 8 heteroatoms. The van der Waals surface area contributed by atoms with Crippen LogP contribution in [0.25, 0.3) is 6.08 Å². The Morgan fingerprint density at radius 2 is 2.20 bits per heavy atom. The second-order valence-corrected chi connectivity index (χ2v) is 6.43. The molecule has 1 aromatic rings. The first kappa shape index (κ1) is 16.0. The number of sulfone groups is 1. The van der Waals surface area contributed by atoms with Gasteiger partial charge in [-0.15, -0.1) is 0 Å². The van der Waals surface area contributed by atoms with Crippen molar-refractivity contribution in [1.29, 1.82) is 0 Å². The molecule has 0 fully saturated rings. The molecule has 0 spiro atoms. The van der Waals surface area contributed by atoms with E-state index < -0.39 is 27.8 Å². The van der Waals surface area contributed by atoms with Crippen molar-refractivity contribution in [2.24, 2.45) is 0 Å². The second kappa shape index (κ2) is 6.90. The first-order valence-electron chi connectivity index (χ1n) is 5.70. The van der Waals surface area contributed by atoms with Gasteiger partial charge in [0.2, 0.25) is 5.91 Å². The lowest BCUT2D eigenvalue weighted by Gasteiger charge is -2.12. The van der Waals surface area contributed by atoms with Crippen molar-refractivity contribution in [1.82, 2.24) is 5.32 Å². The number of aliphatic carboxylic acids is 1. The van der Waals surface area contributed by atoms with Gasteiger partial charge in [0, 0.05) is 12.3 Å². The first-order chi connectivity index (χ1) is 9.28. The predicted octanol–water partition coefficient (Wildman–Crippen LogP) is 0.297. The summed E-state index contributed by atoms with van der Waals surface area (Å²) in [6.07, 6.45) is 4.75. The Bertz CT molecular complexity index is 587.